The molecule has 1 amide bonds. The lowest BCUT2D eigenvalue weighted by atomic mass is 10.1. The number of carbonyl (C=O) groups excluding carboxylic acids is 1. The van der Waals surface area contributed by atoms with Gasteiger partial charge in [0, 0.05) is 19.0 Å². The van der Waals surface area contributed by atoms with Crippen LogP contribution in [0.3, 0.4) is 0 Å². The van der Waals surface area contributed by atoms with E-state index >= 15 is 0 Å². The Morgan fingerprint density at radius 1 is 1.27 bits per heavy atom. The van der Waals surface area contributed by atoms with E-state index in [2.05, 4.69) is 10.0 Å². The number of nitrogens with one attached hydrogen (secondary N) is 2. The normalized spacial score (nSPS) is 15.9. The van der Waals surface area contributed by atoms with Crippen molar-refractivity contribution in [3.63, 3.8) is 0 Å². The molecule has 2 rings (SSSR count). The first kappa shape index (κ1) is 17.2. The van der Waals surface area contributed by atoms with E-state index in [9.17, 15) is 13.2 Å². The van der Waals surface area contributed by atoms with E-state index in [4.69, 9.17) is 11.6 Å². The van der Waals surface area contributed by atoms with Gasteiger partial charge in [0.25, 0.3) is 0 Å². The van der Waals surface area contributed by atoms with Crippen molar-refractivity contribution in [2.45, 2.75) is 37.5 Å². The summed E-state index contributed by atoms with van der Waals surface area (Å²) in [5.41, 5.74) is 0.896. The molecule has 22 heavy (non-hydrogen) atoms. The Hall–Kier alpha value is -1.11. The first-order chi connectivity index (χ1) is 10.4. The number of carbonyl (C=O) groups is 1. The number of aryl methyl sites for hydroxylation is 1. The molecule has 1 saturated carbocycles. The van der Waals surface area contributed by atoms with Crippen LogP contribution >= 0.6 is 11.6 Å². The van der Waals surface area contributed by atoms with Crippen LogP contribution < -0.4 is 10.0 Å². The van der Waals surface area contributed by atoms with Gasteiger partial charge < -0.3 is 5.32 Å². The van der Waals surface area contributed by atoms with Crippen molar-refractivity contribution < 1.29 is 13.2 Å². The van der Waals surface area contributed by atoms with Crippen molar-refractivity contribution >= 4 is 27.5 Å². The Labute approximate surface area is 136 Å². The van der Waals surface area contributed by atoms with Gasteiger partial charge >= 0.3 is 0 Å². The molecule has 1 aromatic carbocycles. The Balaban J connectivity index is 1.83. The molecule has 0 atom stereocenters. The van der Waals surface area contributed by atoms with E-state index in [0.717, 1.165) is 31.2 Å². The largest absolute Gasteiger partial charge is 0.355 e. The Morgan fingerprint density at radius 3 is 2.59 bits per heavy atom. The first-order valence-corrected chi connectivity index (χ1v) is 9.30. The SMILES string of the molecule is Cc1ccc(S(=O)(=O)NCCNC(=O)C2CCCC2)c(Cl)c1. The number of sulfonamides is 1. The molecule has 0 saturated heterocycles. The summed E-state index contributed by atoms with van der Waals surface area (Å²) in [6, 6.07) is 4.79. The molecule has 0 aliphatic heterocycles. The molecule has 0 aromatic heterocycles. The summed E-state index contributed by atoms with van der Waals surface area (Å²) in [5, 5.41) is 2.97. The molecule has 1 aliphatic rings. The van der Waals surface area contributed by atoms with Crippen LogP contribution in [-0.4, -0.2) is 27.4 Å². The van der Waals surface area contributed by atoms with Gasteiger partial charge in [-0.3, -0.25) is 4.79 Å². The lowest BCUT2D eigenvalue weighted by molar-refractivity contribution is -0.124. The van der Waals surface area contributed by atoms with E-state index in [1.165, 1.54) is 6.07 Å². The third-order valence-corrected chi connectivity index (χ3v) is 5.76. The second-order valence-corrected chi connectivity index (χ2v) is 7.75. The van der Waals surface area contributed by atoms with E-state index in [1.54, 1.807) is 12.1 Å². The monoisotopic (exact) mass is 344 g/mol. The molecule has 1 aromatic rings. The highest BCUT2D eigenvalue weighted by Gasteiger charge is 2.22. The van der Waals surface area contributed by atoms with Crippen LogP contribution in [0.1, 0.15) is 31.2 Å². The lowest BCUT2D eigenvalue weighted by Gasteiger charge is -2.12. The van der Waals surface area contributed by atoms with Crippen molar-refractivity contribution in [2.24, 2.45) is 5.92 Å². The molecule has 0 heterocycles. The van der Waals surface area contributed by atoms with Crippen LogP contribution in [0.25, 0.3) is 0 Å². The van der Waals surface area contributed by atoms with E-state index in [0.29, 0.717) is 0 Å². The molecule has 0 spiro atoms. The molecule has 2 N–H and O–H groups in total. The predicted molar refractivity (Wildman–Crippen MR) is 86.3 cm³/mol. The summed E-state index contributed by atoms with van der Waals surface area (Å²) in [6.07, 6.45) is 4.04. The predicted octanol–water partition coefficient (Wildman–Crippen LogP) is 2.23. The molecule has 0 unspecified atom stereocenters. The van der Waals surface area contributed by atoms with Crippen molar-refractivity contribution in [1.29, 1.82) is 0 Å². The van der Waals surface area contributed by atoms with Gasteiger partial charge in [0.1, 0.15) is 4.90 Å². The standard InChI is InChI=1S/C15H21ClN2O3S/c1-11-6-7-14(13(16)10-11)22(20,21)18-9-8-17-15(19)12-4-2-3-5-12/h6-7,10,12,18H,2-5,8-9H2,1H3,(H,17,19). The maximum Gasteiger partial charge on any atom is 0.242 e. The van der Waals surface area contributed by atoms with Gasteiger partial charge in [-0.25, -0.2) is 13.1 Å². The zero-order valence-electron chi connectivity index (χ0n) is 12.6. The van der Waals surface area contributed by atoms with E-state index in [-0.39, 0.29) is 34.8 Å². The summed E-state index contributed by atoms with van der Waals surface area (Å²) in [4.78, 5) is 11.9. The summed E-state index contributed by atoms with van der Waals surface area (Å²) >= 11 is 5.97. The van der Waals surface area contributed by atoms with Gasteiger partial charge in [0.15, 0.2) is 0 Å². The van der Waals surface area contributed by atoms with E-state index < -0.39 is 10.0 Å². The van der Waals surface area contributed by atoms with Crippen molar-refractivity contribution in [2.75, 3.05) is 13.1 Å². The number of amides is 1. The molecule has 5 nitrogen and oxygen atoms in total. The maximum absolute atomic E-state index is 12.2. The van der Waals surface area contributed by atoms with Crippen molar-refractivity contribution in [3.8, 4) is 0 Å². The minimum Gasteiger partial charge on any atom is -0.355 e. The quantitative estimate of drug-likeness (QED) is 0.777. The highest BCUT2D eigenvalue weighted by atomic mass is 35.5. The fraction of sp³-hybridized carbons (Fsp3) is 0.533. The summed E-state index contributed by atoms with van der Waals surface area (Å²) < 4.78 is 26.8. The smallest absolute Gasteiger partial charge is 0.242 e. The molecule has 7 heteroatoms. The zero-order chi connectivity index (χ0) is 16.2. The highest BCUT2D eigenvalue weighted by molar-refractivity contribution is 7.89. The minimum absolute atomic E-state index is 0.0186. The summed E-state index contributed by atoms with van der Waals surface area (Å²) in [5.74, 6) is 0.105. The average molecular weight is 345 g/mol. The van der Waals surface area contributed by atoms with Crippen LogP contribution in [0.2, 0.25) is 5.02 Å². The van der Waals surface area contributed by atoms with Crippen LogP contribution in [0, 0.1) is 12.8 Å². The number of benzene rings is 1. The second kappa shape index (κ2) is 7.44. The van der Waals surface area contributed by atoms with Gasteiger partial charge in [0.2, 0.25) is 15.9 Å². The van der Waals surface area contributed by atoms with Gasteiger partial charge in [-0.15, -0.1) is 0 Å². The molecule has 122 valence electrons. The molecule has 0 radical (unpaired) electrons. The van der Waals surface area contributed by atoms with Gasteiger partial charge in [0.05, 0.1) is 5.02 Å². The maximum atomic E-state index is 12.2. The molecule has 0 bridgehead atoms. The van der Waals surface area contributed by atoms with Crippen LogP contribution in [0.4, 0.5) is 0 Å². The Kier molecular flexibility index (Phi) is 5.83. The van der Waals surface area contributed by atoms with Crippen LogP contribution in [-0.2, 0) is 14.8 Å². The summed E-state index contributed by atoms with van der Waals surface area (Å²) in [6.45, 7) is 2.26. The Bertz CT molecular complexity index is 640. The topological polar surface area (TPSA) is 75.3 Å². The molecule has 1 fully saturated rings. The number of halogens is 1. The van der Waals surface area contributed by atoms with Gasteiger partial charge in [-0.2, -0.15) is 0 Å². The molecule has 1 aliphatic carbocycles. The molecular formula is C15H21ClN2O3S. The average Bonchev–Trinajstić information content (AvgIpc) is 2.97. The Morgan fingerprint density at radius 2 is 1.95 bits per heavy atom. The van der Waals surface area contributed by atoms with Crippen LogP contribution in [0.5, 0.6) is 0 Å². The second-order valence-electron chi connectivity index (χ2n) is 5.60. The number of rotatable bonds is 6. The van der Waals surface area contributed by atoms with Gasteiger partial charge in [-0.1, -0.05) is 30.5 Å². The zero-order valence-corrected chi connectivity index (χ0v) is 14.1. The fourth-order valence-corrected chi connectivity index (χ4v) is 4.23. The third-order valence-electron chi connectivity index (χ3n) is 3.82. The van der Waals surface area contributed by atoms with Gasteiger partial charge in [-0.05, 0) is 37.5 Å². The van der Waals surface area contributed by atoms with E-state index in [1.807, 2.05) is 6.92 Å². The third kappa shape index (κ3) is 4.44. The summed E-state index contributed by atoms with van der Waals surface area (Å²) in [7, 11) is -3.66. The minimum atomic E-state index is -3.66. The molecular weight excluding hydrogens is 324 g/mol. The van der Waals surface area contributed by atoms with Crippen molar-refractivity contribution in [3.05, 3.63) is 28.8 Å². The number of hydrogen-bond donors (Lipinski definition) is 2. The van der Waals surface area contributed by atoms with Crippen LogP contribution in [0.15, 0.2) is 23.1 Å². The van der Waals surface area contributed by atoms with Crippen molar-refractivity contribution in [1.82, 2.24) is 10.0 Å². The highest BCUT2D eigenvalue weighted by Crippen LogP contribution is 2.24. The number of hydrogen-bond acceptors (Lipinski definition) is 3. The first-order valence-electron chi connectivity index (χ1n) is 7.44. The fourth-order valence-electron chi connectivity index (χ4n) is 2.60. The lowest BCUT2D eigenvalue weighted by Crippen LogP contribution is -2.37.